The van der Waals surface area contributed by atoms with E-state index in [0.717, 1.165) is 22.9 Å². The molecule has 6 heteroatoms. The minimum atomic E-state index is -0.148. The van der Waals surface area contributed by atoms with Crippen molar-refractivity contribution in [2.45, 2.75) is 13.5 Å². The Hall–Kier alpha value is -3.28. The molecule has 0 fully saturated rings. The Bertz CT molecular complexity index is 854. The van der Waals surface area contributed by atoms with Gasteiger partial charge in [0.05, 0.1) is 13.2 Å². The van der Waals surface area contributed by atoms with Crippen LogP contribution in [0.4, 0.5) is 11.4 Å². The Labute approximate surface area is 152 Å². The van der Waals surface area contributed by atoms with Gasteiger partial charge in [0.2, 0.25) is 0 Å². The standard InChI is InChI=1S/C20H22N4O2/c1-3-26-18-10-8-17(9-11-18)23-20(25)15-4-6-16(7-5-15)22-14-19-21-12-13-24(19)2/h4-13,22H,3,14H2,1-2H3,(H,23,25). The lowest BCUT2D eigenvalue weighted by atomic mass is 10.2. The number of amides is 1. The van der Waals surface area contributed by atoms with Gasteiger partial charge < -0.3 is 19.9 Å². The van der Waals surface area contributed by atoms with Crippen LogP contribution in [0.2, 0.25) is 0 Å². The summed E-state index contributed by atoms with van der Waals surface area (Å²) in [6, 6.07) is 14.7. The summed E-state index contributed by atoms with van der Waals surface area (Å²) in [5.41, 5.74) is 2.27. The molecule has 0 spiro atoms. The van der Waals surface area contributed by atoms with Gasteiger partial charge in [-0.2, -0.15) is 0 Å². The topological polar surface area (TPSA) is 68.2 Å². The number of aryl methyl sites for hydroxylation is 1. The van der Waals surface area contributed by atoms with Crippen LogP contribution >= 0.6 is 0 Å². The van der Waals surface area contributed by atoms with Crippen molar-refractivity contribution in [2.75, 3.05) is 17.2 Å². The largest absolute Gasteiger partial charge is 0.494 e. The highest BCUT2D eigenvalue weighted by atomic mass is 16.5. The first-order chi connectivity index (χ1) is 12.7. The van der Waals surface area contributed by atoms with Crippen LogP contribution < -0.4 is 15.4 Å². The summed E-state index contributed by atoms with van der Waals surface area (Å²) in [5, 5.41) is 6.17. The number of benzene rings is 2. The number of hydrogen-bond acceptors (Lipinski definition) is 4. The van der Waals surface area contributed by atoms with E-state index in [-0.39, 0.29) is 5.91 Å². The van der Waals surface area contributed by atoms with Crippen LogP contribution in [0.25, 0.3) is 0 Å². The van der Waals surface area contributed by atoms with E-state index in [1.165, 1.54) is 0 Å². The number of nitrogens with one attached hydrogen (secondary N) is 2. The van der Waals surface area contributed by atoms with Gasteiger partial charge in [-0.3, -0.25) is 4.79 Å². The molecule has 0 bridgehead atoms. The Morgan fingerprint density at radius 2 is 1.77 bits per heavy atom. The van der Waals surface area contributed by atoms with Crippen molar-refractivity contribution < 1.29 is 9.53 Å². The van der Waals surface area contributed by atoms with Crippen molar-refractivity contribution in [3.05, 3.63) is 72.3 Å². The van der Waals surface area contributed by atoms with Crippen molar-refractivity contribution in [3.8, 4) is 5.75 Å². The number of carbonyl (C=O) groups excluding carboxylic acids is 1. The highest BCUT2D eigenvalue weighted by molar-refractivity contribution is 6.04. The molecule has 0 atom stereocenters. The van der Waals surface area contributed by atoms with Crippen molar-refractivity contribution in [3.63, 3.8) is 0 Å². The van der Waals surface area contributed by atoms with E-state index in [1.54, 1.807) is 18.3 Å². The second kappa shape index (κ2) is 8.20. The predicted molar refractivity (Wildman–Crippen MR) is 103 cm³/mol. The zero-order chi connectivity index (χ0) is 18.4. The quantitative estimate of drug-likeness (QED) is 0.682. The van der Waals surface area contributed by atoms with E-state index < -0.39 is 0 Å². The van der Waals surface area contributed by atoms with Crippen LogP contribution in [0.3, 0.4) is 0 Å². The van der Waals surface area contributed by atoms with Crippen LogP contribution in [-0.4, -0.2) is 22.1 Å². The van der Waals surface area contributed by atoms with Gasteiger partial charge in [-0.1, -0.05) is 0 Å². The van der Waals surface area contributed by atoms with Crippen molar-refractivity contribution in [1.82, 2.24) is 9.55 Å². The number of rotatable bonds is 7. The molecule has 0 aliphatic rings. The van der Waals surface area contributed by atoms with Crippen molar-refractivity contribution >= 4 is 17.3 Å². The summed E-state index contributed by atoms with van der Waals surface area (Å²) in [6.07, 6.45) is 3.68. The summed E-state index contributed by atoms with van der Waals surface area (Å²) in [7, 11) is 1.96. The number of aromatic nitrogens is 2. The van der Waals surface area contributed by atoms with Gasteiger partial charge in [0.15, 0.2) is 0 Å². The number of imidazole rings is 1. The van der Waals surface area contributed by atoms with E-state index in [4.69, 9.17) is 4.74 Å². The number of anilines is 2. The summed E-state index contributed by atoms with van der Waals surface area (Å²) in [5.74, 6) is 1.58. The smallest absolute Gasteiger partial charge is 0.255 e. The minimum Gasteiger partial charge on any atom is -0.494 e. The van der Waals surface area contributed by atoms with Crippen LogP contribution in [-0.2, 0) is 13.6 Å². The minimum absolute atomic E-state index is 0.148. The normalized spacial score (nSPS) is 10.4. The number of nitrogens with zero attached hydrogens (tertiary/aromatic N) is 2. The third-order valence-electron chi connectivity index (χ3n) is 3.94. The molecule has 2 aromatic carbocycles. The molecule has 3 rings (SSSR count). The Morgan fingerprint density at radius 1 is 1.08 bits per heavy atom. The maximum atomic E-state index is 12.3. The molecule has 1 aromatic heterocycles. The lowest BCUT2D eigenvalue weighted by Gasteiger charge is -2.09. The number of hydrogen-bond donors (Lipinski definition) is 2. The molecule has 3 aromatic rings. The molecular weight excluding hydrogens is 328 g/mol. The van der Waals surface area contributed by atoms with Crippen LogP contribution in [0.1, 0.15) is 23.1 Å². The second-order valence-corrected chi connectivity index (χ2v) is 5.80. The van der Waals surface area contributed by atoms with Crippen molar-refractivity contribution in [2.24, 2.45) is 7.05 Å². The van der Waals surface area contributed by atoms with E-state index in [2.05, 4.69) is 15.6 Å². The Morgan fingerprint density at radius 3 is 2.38 bits per heavy atom. The zero-order valence-corrected chi connectivity index (χ0v) is 14.9. The summed E-state index contributed by atoms with van der Waals surface area (Å²) in [4.78, 5) is 16.6. The maximum Gasteiger partial charge on any atom is 0.255 e. The molecule has 0 aliphatic carbocycles. The van der Waals surface area contributed by atoms with Gasteiger partial charge in [0.25, 0.3) is 5.91 Å². The monoisotopic (exact) mass is 350 g/mol. The molecule has 0 radical (unpaired) electrons. The Balaban J connectivity index is 1.57. The van der Waals surface area contributed by atoms with E-state index >= 15 is 0 Å². The average molecular weight is 350 g/mol. The molecule has 134 valence electrons. The SMILES string of the molecule is CCOc1ccc(NC(=O)c2ccc(NCc3nccn3C)cc2)cc1. The predicted octanol–water partition coefficient (Wildman–Crippen LogP) is 3.68. The van der Waals surface area contributed by atoms with Gasteiger partial charge in [-0.15, -0.1) is 0 Å². The Kier molecular flexibility index (Phi) is 5.53. The fourth-order valence-electron chi connectivity index (χ4n) is 2.49. The third-order valence-corrected chi connectivity index (χ3v) is 3.94. The van der Waals surface area contributed by atoms with E-state index in [0.29, 0.717) is 18.7 Å². The molecular formula is C20H22N4O2. The molecule has 0 aliphatic heterocycles. The molecule has 0 saturated carbocycles. The lowest BCUT2D eigenvalue weighted by Crippen LogP contribution is -2.12. The van der Waals surface area contributed by atoms with E-state index in [9.17, 15) is 4.79 Å². The molecule has 26 heavy (non-hydrogen) atoms. The molecule has 1 heterocycles. The third kappa shape index (κ3) is 4.42. The molecule has 2 N–H and O–H groups in total. The fourth-order valence-corrected chi connectivity index (χ4v) is 2.49. The first kappa shape index (κ1) is 17.5. The van der Waals surface area contributed by atoms with Gasteiger partial charge in [0.1, 0.15) is 11.6 Å². The molecule has 0 saturated heterocycles. The summed E-state index contributed by atoms with van der Waals surface area (Å²) in [6.45, 7) is 3.18. The first-order valence-electron chi connectivity index (χ1n) is 8.50. The van der Waals surface area contributed by atoms with Gasteiger partial charge in [-0.05, 0) is 55.5 Å². The highest BCUT2D eigenvalue weighted by Gasteiger charge is 2.07. The second-order valence-electron chi connectivity index (χ2n) is 5.80. The zero-order valence-electron chi connectivity index (χ0n) is 14.9. The average Bonchev–Trinajstić information content (AvgIpc) is 3.07. The molecule has 0 unspecified atom stereocenters. The number of carbonyl (C=O) groups is 1. The van der Waals surface area contributed by atoms with Gasteiger partial charge in [-0.25, -0.2) is 4.98 Å². The fraction of sp³-hybridized carbons (Fsp3) is 0.200. The van der Waals surface area contributed by atoms with Gasteiger partial charge >= 0.3 is 0 Å². The highest BCUT2D eigenvalue weighted by Crippen LogP contribution is 2.17. The molecule has 1 amide bonds. The summed E-state index contributed by atoms with van der Waals surface area (Å²) >= 11 is 0. The van der Waals surface area contributed by atoms with Crippen LogP contribution in [0.5, 0.6) is 5.75 Å². The molecule has 6 nitrogen and oxygen atoms in total. The van der Waals surface area contributed by atoms with Gasteiger partial charge in [0, 0.05) is 36.4 Å². The maximum absolute atomic E-state index is 12.3. The van der Waals surface area contributed by atoms with E-state index in [1.807, 2.05) is 61.1 Å². The summed E-state index contributed by atoms with van der Waals surface area (Å²) < 4.78 is 7.36. The van der Waals surface area contributed by atoms with Crippen LogP contribution in [0, 0.1) is 0 Å². The van der Waals surface area contributed by atoms with Crippen LogP contribution in [0.15, 0.2) is 60.9 Å². The lowest BCUT2D eigenvalue weighted by molar-refractivity contribution is 0.102. The van der Waals surface area contributed by atoms with Crippen molar-refractivity contribution in [1.29, 1.82) is 0 Å². The first-order valence-corrected chi connectivity index (χ1v) is 8.50. The number of ether oxygens (including phenoxy) is 1.